The molecule has 2 aromatic heterocycles. The molecule has 0 unspecified atom stereocenters. The van der Waals surface area contributed by atoms with Crippen LogP contribution < -0.4 is 4.72 Å². The number of halogens is 3. The number of nitrogens with zero attached hydrogens (tertiary/aromatic N) is 1. The second-order valence-corrected chi connectivity index (χ2v) is 6.99. The molecule has 2 N–H and O–H groups in total. The smallest absolute Gasteiger partial charge is 0.357 e. The number of nitrogens with one attached hydrogen (secondary N) is 2. The maximum Gasteiger partial charge on any atom is 0.433 e. The van der Waals surface area contributed by atoms with Gasteiger partial charge in [-0.15, -0.1) is 0 Å². The van der Waals surface area contributed by atoms with Gasteiger partial charge in [0.1, 0.15) is 11.4 Å². The zero-order valence-corrected chi connectivity index (χ0v) is 13.5. The van der Waals surface area contributed by atoms with Gasteiger partial charge in [0.2, 0.25) is 10.0 Å². The average Bonchev–Trinajstić information content (AvgIpc) is 2.78. The van der Waals surface area contributed by atoms with Gasteiger partial charge in [-0.1, -0.05) is 6.07 Å². The Kier molecular flexibility index (Phi) is 4.70. The summed E-state index contributed by atoms with van der Waals surface area (Å²) in [6.07, 6.45) is -0.771. The van der Waals surface area contributed by atoms with Gasteiger partial charge in [0.15, 0.2) is 0 Å². The van der Waals surface area contributed by atoms with E-state index in [4.69, 9.17) is 0 Å². The van der Waals surface area contributed by atoms with E-state index in [0.29, 0.717) is 16.7 Å². The maximum absolute atomic E-state index is 12.5. The average molecular weight is 361 g/mol. The second kappa shape index (κ2) is 6.27. The third-order valence-electron chi connectivity index (χ3n) is 3.26. The Bertz CT molecular complexity index is 856. The van der Waals surface area contributed by atoms with Crippen LogP contribution in [0.1, 0.15) is 32.9 Å². The van der Waals surface area contributed by atoms with Crippen molar-refractivity contribution < 1.29 is 26.4 Å². The molecule has 10 heteroatoms. The van der Waals surface area contributed by atoms with Gasteiger partial charge in [-0.2, -0.15) is 13.2 Å². The molecule has 0 saturated heterocycles. The minimum atomic E-state index is -4.50. The molecule has 24 heavy (non-hydrogen) atoms. The number of sulfonamides is 1. The molecule has 0 aromatic carbocycles. The van der Waals surface area contributed by atoms with Crippen molar-refractivity contribution in [1.82, 2.24) is 14.7 Å². The third kappa shape index (κ3) is 4.34. The lowest BCUT2D eigenvalue weighted by Crippen LogP contribution is -2.30. The highest BCUT2D eigenvalue weighted by atomic mass is 32.2. The van der Waals surface area contributed by atoms with Crippen LogP contribution in [0.25, 0.3) is 0 Å². The monoisotopic (exact) mass is 361 g/mol. The molecule has 130 valence electrons. The maximum atomic E-state index is 12.5. The molecular weight excluding hydrogens is 347 g/mol. The summed E-state index contributed by atoms with van der Waals surface area (Å²) in [5, 5.41) is 0. The van der Waals surface area contributed by atoms with Gasteiger partial charge in [0, 0.05) is 18.8 Å². The van der Waals surface area contributed by atoms with E-state index in [1.165, 1.54) is 12.3 Å². The summed E-state index contributed by atoms with van der Waals surface area (Å²) in [5.74, 6) is -0.799. The number of hydrogen-bond donors (Lipinski definition) is 2. The molecule has 0 saturated carbocycles. The van der Waals surface area contributed by atoms with Crippen LogP contribution in [0.4, 0.5) is 13.2 Å². The molecule has 0 aliphatic heterocycles. The highest BCUT2D eigenvalue weighted by molar-refractivity contribution is 7.89. The predicted octanol–water partition coefficient (Wildman–Crippen LogP) is 2.02. The van der Waals surface area contributed by atoms with Gasteiger partial charge >= 0.3 is 6.18 Å². The molecular formula is C14H14F3N3O3S. The zero-order valence-electron chi connectivity index (χ0n) is 12.7. The van der Waals surface area contributed by atoms with Crippen molar-refractivity contribution in [3.63, 3.8) is 0 Å². The number of carbonyl (C=O) groups is 1. The fraction of sp³-hybridized carbons (Fsp3) is 0.286. The summed E-state index contributed by atoms with van der Waals surface area (Å²) < 4.78 is 61.5. The Hall–Kier alpha value is -2.36. The number of hydrogen-bond acceptors (Lipinski definition) is 4. The first-order valence-corrected chi connectivity index (χ1v) is 8.57. The Morgan fingerprint density at radius 2 is 2.00 bits per heavy atom. The third-order valence-corrected chi connectivity index (χ3v) is 3.82. The highest BCUT2D eigenvalue weighted by Gasteiger charge is 2.32. The Balaban J connectivity index is 2.19. The predicted molar refractivity (Wildman–Crippen MR) is 79.9 cm³/mol. The molecule has 2 rings (SSSR count). The van der Waals surface area contributed by atoms with E-state index >= 15 is 0 Å². The van der Waals surface area contributed by atoms with Crippen LogP contribution in [0.3, 0.4) is 0 Å². The molecule has 0 bridgehead atoms. The number of aromatic nitrogens is 2. The lowest BCUT2D eigenvalue weighted by atomic mass is 10.0. The summed E-state index contributed by atoms with van der Waals surface area (Å²) in [5.41, 5.74) is 0.784. The molecule has 0 aliphatic rings. The lowest BCUT2D eigenvalue weighted by molar-refractivity contribution is -0.141. The Labute approximate surface area is 136 Å². The summed E-state index contributed by atoms with van der Waals surface area (Å²) in [6, 6.07) is 2.19. The molecule has 6 nitrogen and oxygen atoms in total. The SMILES string of the molecule is Cc1c(Cc2ccc(C(F)(F)F)nc2)c[nH]c1C(=O)NS(C)(=O)=O. The standard InChI is InChI=1S/C14H14F3N3O3S/c1-8-10(7-19-12(8)13(21)20-24(2,22)23)5-9-3-4-11(18-6-9)14(15,16)17/h3-4,6-7,19H,5H2,1-2H3,(H,20,21). The summed E-state index contributed by atoms with van der Waals surface area (Å²) in [6.45, 7) is 1.61. The van der Waals surface area contributed by atoms with E-state index < -0.39 is 27.8 Å². The molecule has 1 amide bonds. The quantitative estimate of drug-likeness (QED) is 0.871. The van der Waals surface area contributed by atoms with Gasteiger partial charge < -0.3 is 4.98 Å². The first-order valence-electron chi connectivity index (χ1n) is 6.68. The van der Waals surface area contributed by atoms with Crippen LogP contribution in [0.5, 0.6) is 0 Å². The second-order valence-electron chi connectivity index (χ2n) is 5.24. The van der Waals surface area contributed by atoms with E-state index in [0.717, 1.165) is 18.5 Å². The van der Waals surface area contributed by atoms with Gasteiger partial charge in [0.25, 0.3) is 5.91 Å². The van der Waals surface area contributed by atoms with E-state index in [1.807, 2.05) is 4.72 Å². The molecule has 0 aliphatic carbocycles. The summed E-state index contributed by atoms with van der Waals surface area (Å²) in [4.78, 5) is 17.9. The number of carbonyl (C=O) groups excluding carboxylic acids is 1. The van der Waals surface area contributed by atoms with Crippen LogP contribution in [0, 0.1) is 6.92 Å². The molecule has 2 aromatic rings. The van der Waals surface area contributed by atoms with Crippen molar-refractivity contribution in [2.24, 2.45) is 0 Å². The molecule has 2 heterocycles. The first kappa shape index (κ1) is 18.0. The minimum Gasteiger partial charge on any atom is -0.357 e. The van der Waals surface area contributed by atoms with Crippen molar-refractivity contribution in [1.29, 1.82) is 0 Å². The van der Waals surface area contributed by atoms with Crippen LogP contribution >= 0.6 is 0 Å². The van der Waals surface area contributed by atoms with Gasteiger partial charge in [-0.05, 0) is 29.7 Å². The van der Waals surface area contributed by atoms with Gasteiger partial charge in [-0.25, -0.2) is 13.1 Å². The number of H-pyrrole nitrogens is 1. The topological polar surface area (TPSA) is 91.9 Å². The molecule has 0 atom stereocenters. The number of aromatic amines is 1. The van der Waals surface area contributed by atoms with Crippen LogP contribution in [0.15, 0.2) is 24.5 Å². The fourth-order valence-electron chi connectivity index (χ4n) is 2.09. The number of alkyl halides is 3. The van der Waals surface area contributed by atoms with Crippen molar-refractivity contribution in [2.45, 2.75) is 19.5 Å². The van der Waals surface area contributed by atoms with E-state index in [1.54, 1.807) is 6.92 Å². The molecule has 0 spiro atoms. The van der Waals surface area contributed by atoms with E-state index in [2.05, 4.69) is 9.97 Å². The first-order chi connectivity index (χ1) is 11.0. The Morgan fingerprint density at radius 3 is 2.50 bits per heavy atom. The normalized spacial score (nSPS) is 12.2. The largest absolute Gasteiger partial charge is 0.433 e. The fourth-order valence-corrected chi connectivity index (χ4v) is 2.53. The van der Waals surface area contributed by atoms with Crippen LogP contribution in [-0.4, -0.2) is 30.5 Å². The summed E-state index contributed by atoms with van der Waals surface area (Å²) >= 11 is 0. The van der Waals surface area contributed by atoms with E-state index in [9.17, 15) is 26.4 Å². The van der Waals surface area contributed by atoms with Crippen LogP contribution in [-0.2, 0) is 22.6 Å². The zero-order chi connectivity index (χ0) is 18.1. The minimum absolute atomic E-state index is 0.0790. The molecule has 0 radical (unpaired) electrons. The van der Waals surface area contributed by atoms with Gasteiger partial charge in [0.05, 0.1) is 6.26 Å². The van der Waals surface area contributed by atoms with Crippen molar-refractivity contribution in [3.8, 4) is 0 Å². The van der Waals surface area contributed by atoms with Crippen molar-refractivity contribution in [3.05, 3.63) is 52.6 Å². The highest BCUT2D eigenvalue weighted by Crippen LogP contribution is 2.27. The number of pyridine rings is 1. The van der Waals surface area contributed by atoms with E-state index in [-0.39, 0.29) is 12.1 Å². The van der Waals surface area contributed by atoms with Crippen molar-refractivity contribution in [2.75, 3.05) is 6.26 Å². The molecule has 0 fully saturated rings. The Morgan fingerprint density at radius 1 is 1.33 bits per heavy atom. The van der Waals surface area contributed by atoms with Gasteiger partial charge in [-0.3, -0.25) is 9.78 Å². The van der Waals surface area contributed by atoms with Crippen LogP contribution in [0.2, 0.25) is 0 Å². The summed E-state index contributed by atoms with van der Waals surface area (Å²) in [7, 11) is -3.69. The lowest BCUT2D eigenvalue weighted by Gasteiger charge is -2.07. The number of rotatable bonds is 4. The van der Waals surface area contributed by atoms with Crippen molar-refractivity contribution >= 4 is 15.9 Å². The number of amides is 1.